The van der Waals surface area contributed by atoms with Gasteiger partial charge in [0.2, 0.25) is 0 Å². The molecule has 4 nitrogen and oxygen atoms in total. The predicted molar refractivity (Wildman–Crippen MR) is 85.3 cm³/mol. The zero-order chi connectivity index (χ0) is 15.9. The van der Waals surface area contributed by atoms with E-state index in [4.69, 9.17) is 16.3 Å². The first kappa shape index (κ1) is 14.4. The molecule has 2 heterocycles. The molecule has 22 heavy (non-hydrogen) atoms. The second kappa shape index (κ2) is 5.36. The number of benzene rings is 1. The maximum absolute atomic E-state index is 12.3. The van der Waals surface area contributed by atoms with Crippen LogP contribution in [0.15, 0.2) is 30.5 Å². The van der Waals surface area contributed by atoms with E-state index in [0.29, 0.717) is 22.2 Å². The summed E-state index contributed by atoms with van der Waals surface area (Å²) in [5.41, 5.74) is 3.81. The highest BCUT2D eigenvalue weighted by Crippen LogP contribution is 2.32. The van der Waals surface area contributed by atoms with Gasteiger partial charge in [-0.3, -0.25) is 0 Å². The topological polar surface area (TPSA) is 54.5 Å². The average molecular weight is 313 g/mol. The summed E-state index contributed by atoms with van der Waals surface area (Å²) in [6.45, 7) is 1.86. The molecule has 0 amide bonds. The largest absolute Gasteiger partial charge is 0.465 e. The molecule has 0 radical (unpaired) electrons. The number of hydrogen-bond donors (Lipinski definition) is 0. The van der Waals surface area contributed by atoms with Crippen LogP contribution in [0.5, 0.6) is 0 Å². The van der Waals surface area contributed by atoms with Crippen molar-refractivity contribution in [2.24, 2.45) is 0 Å². The van der Waals surface area contributed by atoms with Gasteiger partial charge in [0.05, 0.1) is 35.2 Å². The van der Waals surface area contributed by atoms with E-state index < -0.39 is 5.97 Å². The number of rotatable bonds is 2. The number of carbonyl (C=O) groups is 1. The van der Waals surface area contributed by atoms with Crippen LogP contribution in [-0.4, -0.2) is 17.5 Å². The minimum Gasteiger partial charge on any atom is -0.465 e. The summed E-state index contributed by atoms with van der Waals surface area (Å²) in [6.07, 6.45) is 1.81. The number of aromatic nitrogens is 1. The van der Waals surface area contributed by atoms with Crippen molar-refractivity contribution in [2.45, 2.75) is 12.8 Å². The van der Waals surface area contributed by atoms with Gasteiger partial charge in [-0.15, -0.1) is 11.6 Å². The van der Waals surface area contributed by atoms with Crippen molar-refractivity contribution in [3.05, 3.63) is 52.7 Å². The zero-order valence-corrected chi connectivity index (χ0v) is 12.9. The second-order valence-corrected chi connectivity index (χ2v) is 5.27. The van der Waals surface area contributed by atoms with Gasteiger partial charge in [-0.05, 0) is 18.6 Å². The maximum atomic E-state index is 12.3. The Bertz CT molecular complexity index is 951. The Hall–Kier alpha value is -2.51. The second-order valence-electron chi connectivity index (χ2n) is 5.00. The molecular formula is C17H13ClN2O2. The van der Waals surface area contributed by atoms with Gasteiger partial charge >= 0.3 is 5.97 Å². The van der Waals surface area contributed by atoms with Crippen LogP contribution < -0.4 is 0 Å². The van der Waals surface area contributed by atoms with Gasteiger partial charge in [-0.25, -0.2) is 4.79 Å². The van der Waals surface area contributed by atoms with Crippen LogP contribution in [0, 0.1) is 18.3 Å². The van der Waals surface area contributed by atoms with E-state index in [9.17, 15) is 10.1 Å². The smallest absolute Gasteiger partial charge is 0.340 e. The van der Waals surface area contributed by atoms with Crippen LogP contribution in [-0.2, 0) is 10.6 Å². The van der Waals surface area contributed by atoms with Gasteiger partial charge < -0.3 is 9.14 Å². The van der Waals surface area contributed by atoms with Crippen molar-refractivity contribution < 1.29 is 9.53 Å². The van der Waals surface area contributed by atoms with Crippen molar-refractivity contribution in [2.75, 3.05) is 7.11 Å². The predicted octanol–water partition coefficient (Wildman–Crippen LogP) is 3.80. The number of methoxy groups -OCH3 is 1. The lowest BCUT2D eigenvalue weighted by molar-refractivity contribution is 0.0602. The number of aryl methyl sites for hydroxylation is 1. The Balaban J connectivity index is 2.64. The van der Waals surface area contributed by atoms with Crippen LogP contribution in [0.4, 0.5) is 0 Å². The van der Waals surface area contributed by atoms with Gasteiger partial charge in [0.1, 0.15) is 6.07 Å². The van der Waals surface area contributed by atoms with E-state index in [0.717, 1.165) is 16.5 Å². The molecule has 0 aliphatic heterocycles. The van der Waals surface area contributed by atoms with Crippen LogP contribution >= 0.6 is 11.6 Å². The first-order valence-corrected chi connectivity index (χ1v) is 7.27. The van der Waals surface area contributed by atoms with E-state index in [1.54, 1.807) is 0 Å². The molecule has 5 heteroatoms. The van der Waals surface area contributed by atoms with Crippen molar-refractivity contribution in [3.63, 3.8) is 0 Å². The number of pyridine rings is 1. The first-order chi connectivity index (χ1) is 10.6. The van der Waals surface area contributed by atoms with Gasteiger partial charge in [0.15, 0.2) is 0 Å². The monoisotopic (exact) mass is 312 g/mol. The number of halogens is 1. The summed E-state index contributed by atoms with van der Waals surface area (Å²) in [7, 11) is 1.34. The summed E-state index contributed by atoms with van der Waals surface area (Å²) in [5, 5.41) is 10.4. The highest BCUT2D eigenvalue weighted by atomic mass is 35.5. The SMILES string of the molecule is COC(=O)c1c(C)c2ccccc2n2cc(CCl)c(C#N)c12. The summed E-state index contributed by atoms with van der Waals surface area (Å²) >= 11 is 5.96. The number of nitriles is 1. The summed E-state index contributed by atoms with van der Waals surface area (Å²) in [5.74, 6) is -0.248. The molecule has 0 saturated heterocycles. The number of ether oxygens (including phenoxy) is 1. The molecule has 110 valence electrons. The molecule has 3 rings (SSSR count). The molecule has 0 fully saturated rings. The molecule has 2 aromatic heterocycles. The van der Waals surface area contributed by atoms with E-state index in [1.165, 1.54) is 7.11 Å². The number of esters is 1. The molecule has 0 spiro atoms. The number of nitrogens with zero attached hydrogens (tertiary/aromatic N) is 2. The lowest BCUT2D eigenvalue weighted by atomic mass is 10.0. The quantitative estimate of drug-likeness (QED) is 0.534. The molecule has 3 aromatic rings. The fourth-order valence-corrected chi connectivity index (χ4v) is 3.09. The minimum absolute atomic E-state index is 0.207. The van der Waals surface area contributed by atoms with E-state index in [1.807, 2.05) is 41.8 Å². The molecule has 0 bridgehead atoms. The third-order valence-electron chi connectivity index (χ3n) is 3.91. The van der Waals surface area contributed by atoms with Gasteiger partial charge in [-0.1, -0.05) is 18.2 Å². The average Bonchev–Trinajstić information content (AvgIpc) is 2.93. The van der Waals surface area contributed by atoms with Crippen molar-refractivity contribution in [1.29, 1.82) is 5.26 Å². The number of hydrogen-bond acceptors (Lipinski definition) is 3. The summed E-state index contributed by atoms with van der Waals surface area (Å²) in [4.78, 5) is 12.3. The lowest BCUT2D eigenvalue weighted by Gasteiger charge is -2.12. The summed E-state index contributed by atoms with van der Waals surface area (Å²) < 4.78 is 6.77. The number of para-hydroxylation sites is 1. The van der Waals surface area contributed by atoms with Gasteiger partial charge in [0, 0.05) is 17.1 Å². The number of carbonyl (C=O) groups excluding carboxylic acids is 1. The highest BCUT2D eigenvalue weighted by molar-refractivity contribution is 6.17. The Labute approximate surface area is 132 Å². The Morgan fingerprint density at radius 3 is 2.77 bits per heavy atom. The maximum Gasteiger partial charge on any atom is 0.340 e. The third-order valence-corrected chi connectivity index (χ3v) is 4.20. The minimum atomic E-state index is -0.455. The molecule has 0 saturated carbocycles. The molecule has 0 aliphatic carbocycles. The van der Waals surface area contributed by atoms with Crippen molar-refractivity contribution in [3.8, 4) is 6.07 Å². The number of alkyl halides is 1. The van der Waals surface area contributed by atoms with Crippen molar-refractivity contribution in [1.82, 2.24) is 4.40 Å². The molecule has 0 aliphatic rings. The molecular weight excluding hydrogens is 300 g/mol. The normalized spacial score (nSPS) is 10.8. The Kier molecular flexibility index (Phi) is 3.51. The molecule has 0 unspecified atom stereocenters. The molecule has 0 N–H and O–H groups in total. The first-order valence-electron chi connectivity index (χ1n) is 6.73. The van der Waals surface area contributed by atoms with Crippen LogP contribution in [0.3, 0.4) is 0 Å². The Morgan fingerprint density at radius 1 is 1.41 bits per heavy atom. The van der Waals surface area contributed by atoms with Crippen molar-refractivity contribution >= 4 is 34.0 Å². The highest BCUT2D eigenvalue weighted by Gasteiger charge is 2.23. The molecule has 0 atom stereocenters. The van der Waals surface area contributed by atoms with E-state index in [2.05, 4.69) is 6.07 Å². The van der Waals surface area contributed by atoms with Crippen LogP contribution in [0.1, 0.15) is 27.0 Å². The number of fused-ring (bicyclic) bond motifs is 3. The van der Waals surface area contributed by atoms with Crippen LogP contribution in [0.2, 0.25) is 0 Å². The third kappa shape index (κ3) is 1.87. The fourth-order valence-electron chi connectivity index (χ4n) is 2.88. The summed E-state index contributed by atoms with van der Waals surface area (Å²) in [6, 6.07) is 9.91. The molecule has 1 aromatic carbocycles. The lowest BCUT2D eigenvalue weighted by Crippen LogP contribution is -2.08. The van der Waals surface area contributed by atoms with E-state index >= 15 is 0 Å². The van der Waals surface area contributed by atoms with Gasteiger partial charge in [0.25, 0.3) is 0 Å². The van der Waals surface area contributed by atoms with E-state index in [-0.39, 0.29) is 5.88 Å². The standard InChI is InChI=1S/C17H13ClN2O2/c1-10-12-5-3-4-6-14(12)20-9-11(7-18)13(8-19)16(20)15(10)17(21)22-2/h3-6,9H,7H2,1-2H3. The van der Waals surface area contributed by atoms with Gasteiger partial charge in [-0.2, -0.15) is 5.26 Å². The van der Waals surface area contributed by atoms with Crippen LogP contribution in [0.25, 0.3) is 16.4 Å². The fraction of sp³-hybridized carbons (Fsp3) is 0.176. The zero-order valence-electron chi connectivity index (χ0n) is 12.2. The Morgan fingerprint density at radius 2 is 2.14 bits per heavy atom.